The molecular formula is C6H10O6. The van der Waals surface area contributed by atoms with Crippen LogP contribution in [0.15, 0.2) is 0 Å². The molecule has 6 nitrogen and oxygen atoms in total. The van der Waals surface area contributed by atoms with Crippen molar-refractivity contribution in [3.8, 4) is 0 Å². The van der Waals surface area contributed by atoms with Crippen LogP contribution in [0.3, 0.4) is 0 Å². The van der Waals surface area contributed by atoms with Crippen molar-refractivity contribution in [2.45, 2.75) is 12.5 Å². The van der Waals surface area contributed by atoms with E-state index in [0.717, 1.165) is 0 Å². The van der Waals surface area contributed by atoms with Gasteiger partial charge in [0.2, 0.25) is 0 Å². The molecule has 0 aliphatic carbocycles. The highest BCUT2D eigenvalue weighted by Crippen LogP contribution is 1.98. The minimum atomic E-state index is -1.38. The maximum absolute atomic E-state index is 10.3. The summed E-state index contributed by atoms with van der Waals surface area (Å²) in [7, 11) is 0. The van der Waals surface area contributed by atoms with Crippen LogP contribution in [-0.2, 0) is 14.3 Å². The summed E-state index contributed by atoms with van der Waals surface area (Å²) in [5.74, 6) is -2.59. The molecule has 0 amide bonds. The Morgan fingerprint density at radius 2 is 1.92 bits per heavy atom. The summed E-state index contributed by atoms with van der Waals surface area (Å²) in [6, 6.07) is 0. The fourth-order valence-corrected chi connectivity index (χ4v) is 0.571. The van der Waals surface area contributed by atoms with Gasteiger partial charge in [-0.25, -0.2) is 4.79 Å². The number of carboxylic acid groups (broad SMARTS) is 2. The molecule has 6 heteroatoms. The van der Waals surface area contributed by atoms with Gasteiger partial charge in [0.1, 0.15) is 0 Å². The summed E-state index contributed by atoms with van der Waals surface area (Å²) in [6.45, 7) is -0.506. The largest absolute Gasteiger partial charge is 0.481 e. The standard InChI is InChI=1S/C6H10O6/c7-1-2-12-4(6(10)11)3-5(8)9/h4,7H,1-3H2,(H,8,9)(H,10,11). The van der Waals surface area contributed by atoms with Crippen LogP contribution in [0.25, 0.3) is 0 Å². The van der Waals surface area contributed by atoms with Crippen molar-refractivity contribution in [1.82, 2.24) is 0 Å². The zero-order valence-electron chi connectivity index (χ0n) is 6.27. The van der Waals surface area contributed by atoms with E-state index in [4.69, 9.17) is 15.3 Å². The molecule has 3 N–H and O–H groups in total. The van der Waals surface area contributed by atoms with Gasteiger partial charge in [-0.15, -0.1) is 0 Å². The second kappa shape index (κ2) is 5.50. The summed E-state index contributed by atoms with van der Waals surface area (Å²) < 4.78 is 4.53. The summed E-state index contributed by atoms with van der Waals surface area (Å²) in [4.78, 5) is 20.3. The zero-order valence-corrected chi connectivity index (χ0v) is 6.27. The zero-order chi connectivity index (χ0) is 9.56. The summed E-state index contributed by atoms with van der Waals surface area (Å²) in [5.41, 5.74) is 0. The van der Waals surface area contributed by atoms with Crippen LogP contribution >= 0.6 is 0 Å². The van der Waals surface area contributed by atoms with Gasteiger partial charge >= 0.3 is 11.9 Å². The predicted molar refractivity (Wildman–Crippen MR) is 36.7 cm³/mol. The number of aliphatic hydroxyl groups excluding tert-OH is 1. The lowest BCUT2D eigenvalue weighted by molar-refractivity contribution is -0.157. The van der Waals surface area contributed by atoms with E-state index in [1.165, 1.54) is 0 Å². The topological polar surface area (TPSA) is 104 Å². The first-order chi connectivity index (χ1) is 5.57. The smallest absolute Gasteiger partial charge is 0.333 e. The number of hydrogen-bond acceptors (Lipinski definition) is 4. The number of carboxylic acids is 2. The van der Waals surface area contributed by atoms with Crippen molar-refractivity contribution >= 4 is 11.9 Å². The minimum Gasteiger partial charge on any atom is -0.481 e. The lowest BCUT2D eigenvalue weighted by Crippen LogP contribution is -2.27. The van der Waals surface area contributed by atoms with E-state index < -0.39 is 24.5 Å². The molecule has 0 fully saturated rings. The fourth-order valence-electron chi connectivity index (χ4n) is 0.571. The van der Waals surface area contributed by atoms with Gasteiger partial charge in [0.25, 0.3) is 0 Å². The number of carbonyl (C=O) groups is 2. The predicted octanol–water partition coefficient (Wildman–Crippen LogP) is -1.08. The molecule has 0 aliphatic rings. The van der Waals surface area contributed by atoms with Crippen molar-refractivity contribution in [1.29, 1.82) is 0 Å². The van der Waals surface area contributed by atoms with Gasteiger partial charge < -0.3 is 20.1 Å². The molecule has 0 radical (unpaired) electrons. The maximum atomic E-state index is 10.3. The van der Waals surface area contributed by atoms with Crippen molar-refractivity contribution < 1.29 is 29.6 Å². The van der Waals surface area contributed by atoms with Gasteiger partial charge in [-0.2, -0.15) is 0 Å². The van der Waals surface area contributed by atoms with Crippen molar-refractivity contribution in [2.24, 2.45) is 0 Å². The Morgan fingerprint density at radius 3 is 2.25 bits per heavy atom. The Labute approximate surface area is 68.4 Å². The summed E-state index contributed by atoms with van der Waals surface area (Å²) in [5, 5.41) is 24.9. The van der Waals surface area contributed by atoms with E-state index in [0.29, 0.717) is 0 Å². The van der Waals surface area contributed by atoms with Crippen LogP contribution in [0, 0.1) is 0 Å². The average Bonchev–Trinajstić information content (AvgIpc) is 1.96. The van der Waals surface area contributed by atoms with Gasteiger partial charge in [-0.05, 0) is 0 Å². The number of rotatable bonds is 6. The Kier molecular flexibility index (Phi) is 4.98. The first-order valence-electron chi connectivity index (χ1n) is 3.25. The third-order valence-electron chi connectivity index (χ3n) is 1.05. The highest BCUT2D eigenvalue weighted by molar-refractivity contribution is 5.79. The third-order valence-corrected chi connectivity index (χ3v) is 1.05. The molecule has 0 heterocycles. The molecule has 1 atom stereocenters. The second-order valence-electron chi connectivity index (χ2n) is 2.02. The van der Waals surface area contributed by atoms with Gasteiger partial charge in [-0.1, -0.05) is 0 Å². The van der Waals surface area contributed by atoms with Gasteiger partial charge in [0.05, 0.1) is 19.6 Å². The van der Waals surface area contributed by atoms with E-state index in [1.807, 2.05) is 0 Å². The van der Waals surface area contributed by atoms with Crippen LogP contribution in [-0.4, -0.2) is 46.6 Å². The molecule has 0 aromatic heterocycles. The van der Waals surface area contributed by atoms with Crippen molar-refractivity contribution in [3.63, 3.8) is 0 Å². The van der Waals surface area contributed by atoms with Crippen LogP contribution in [0.4, 0.5) is 0 Å². The van der Waals surface area contributed by atoms with Crippen LogP contribution in [0.1, 0.15) is 6.42 Å². The number of ether oxygens (including phenoxy) is 1. The molecule has 0 aromatic carbocycles. The van der Waals surface area contributed by atoms with Crippen LogP contribution < -0.4 is 0 Å². The Balaban J connectivity index is 3.87. The van der Waals surface area contributed by atoms with Gasteiger partial charge in [-0.3, -0.25) is 4.79 Å². The SMILES string of the molecule is O=C(O)CC(OCCO)C(=O)O. The molecule has 0 aliphatic heterocycles. The highest BCUT2D eigenvalue weighted by atomic mass is 16.5. The fraction of sp³-hybridized carbons (Fsp3) is 0.667. The first kappa shape index (κ1) is 10.9. The Hall–Kier alpha value is -1.14. The van der Waals surface area contributed by atoms with E-state index >= 15 is 0 Å². The molecule has 1 unspecified atom stereocenters. The molecule has 0 saturated heterocycles. The van der Waals surface area contributed by atoms with Crippen molar-refractivity contribution in [3.05, 3.63) is 0 Å². The first-order valence-corrected chi connectivity index (χ1v) is 3.25. The van der Waals surface area contributed by atoms with E-state index in [9.17, 15) is 9.59 Å². The van der Waals surface area contributed by atoms with Gasteiger partial charge in [0.15, 0.2) is 6.10 Å². The third kappa shape index (κ3) is 4.64. The lowest BCUT2D eigenvalue weighted by Gasteiger charge is -2.09. The molecule has 70 valence electrons. The van der Waals surface area contributed by atoms with Gasteiger partial charge in [0, 0.05) is 0 Å². The summed E-state index contributed by atoms with van der Waals surface area (Å²) >= 11 is 0. The normalized spacial score (nSPS) is 12.4. The molecule has 0 bridgehead atoms. The molecule has 12 heavy (non-hydrogen) atoms. The molecule has 0 spiro atoms. The Morgan fingerprint density at radius 1 is 1.33 bits per heavy atom. The van der Waals surface area contributed by atoms with Crippen LogP contribution in [0.5, 0.6) is 0 Å². The maximum Gasteiger partial charge on any atom is 0.333 e. The van der Waals surface area contributed by atoms with E-state index in [2.05, 4.69) is 4.74 Å². The summed E-state index contributed by atoms with van der Waals surface area (Å²) in [6.07, 6.45) is -1.98. The molecular weight excluding hydrogens is 168 g/mol. The van der Waals surface area contributed by atoms with Crippen LogP contribution in [0.2, 0.25) is 0 Å². The van der Waals surface area contributed by atoms with E-state index in [-0.39, 0.29) is 13.2 Å². The minimum absolute atomic E-state index is 0.176. The van der Waals surface area contributed by atoms with E-state index in [1.54, 1.807) is 0 Å². The number of hydrogen-bond donors (Lipinski definition) is 3. The molecule has 0 saturated carbocycles. The monoisotopic (exact) mass is 178 g/mol. The average molecular weight is 178 g/mol. The second-order valence-corrected chi connectivity index (χ2v) is 2.02. The number of aliphatic carboxylic acids is 2. The lowest BCUT2D eigenvalue weighted by atomic mass is 10.2. The quantitative estimate of drug-likeness (QED) is 0.478. The number of aliphatic hydroxyl groups is 1. The highest BCUT2D eigenvalue weighted by Gasteiger charge is 2.20. The Bertz CT molecular complexity index is 165. The molecule has 0 aromatic rings. The molecule has 0 rings (SSSR count). The van der Waals surface area contributed by atoms with Crippen molar-refractivity contribution in [2.75, 3.05) is 13.2 Å².